The van der Waals surface area contributed by atoms with Crippen LogP contribution < -0.4 is 0 Å². The number of amides is 1. The summed E-state index contributed by atoms with van der Waals surface area (Å²) < 4.78 is 16.1. The third-order valence-electron chi connectivity index (χ3n) is 4.19. The molecule has 5 nitrogen and oxygen atoms in total. The number of nitrogens with zero attached hydrogens (tertiary/aromatic N) is 1. The van der Waals surface area contributed by atoms with Crippen molar-refractivity contribution < 1.29 is 18.9 Å². The van der Waals surface area contributed by atoms with E-state index in [-0.39, 0.29) is 12.5 Å². The zero-order chi connectivity index (χ0) is 17.0. The zero-order valence-corrected chi connectivity index (χ0v) is 16.5. The summed E-state index contributed by atoms with van der Waals surface area (Å²) in [6, 6.07) is 8.44. The molecule has 0 aliphatic carbocycles. The van der Waals surface area contributed by atoms with Crippen molar-refractivity contribution in [3.8, 4) is 0 Å². The van der Waals surface area contributed by atoms with Gasteiger partial charge in [0.1, 0.15) is 6.61 Å². The van der Waals surface area contributed by atoms with Crippen LogP contribution in [0.1, 0.15) is 19.4 Å². The predicted octanol–water partition coefficient (Wildman–Crippen LogP) is 2.29. The third-order valence-corrected chi connectivity index (χ3v) is 8.59. The Morgan fingerprint density at radius 2 is 1.96 bits per heavy atom. The highest BCUT2D eigenvalue weighted by molar-refractivity contribution is 9.26. The highest BCUT2D eigenvalue weighted by Gasteiger charge is 2.78. The van der Waals surface area contributed by atoms with Gasteiger partial charge in [0.05, 0.1) is 0 Å². The molecule has 0 radical (unpaired) electrons. The first-order valence-electron chi connectivity index (χ1n) is 7.01. The van der Waals surface area contributed by atoms with Crippen LogP contribution in [0.25, 0.3) is 0 Å². The number of halogens is 2. The van der Waals surface area contributed by atoms with Gasteiger partial charge in [0.25, 0.3) is 5.91 Å². The Morgan fingerprint density at radius 3 is 2.57 bits per heavy atom. The Balaban J connectivity index is 1.78. The minimum Gasteiger partial charge on any atom is -0.614 e. The van der Waals surface area contributed by atoms with Crippen LogP contribution in [0.4, 0.5) is 0 Å². The number of alkyl halides is 2. The average Bonchev–Trinajstić information content (AvgIpc) is 2.71. The van der Waals surface area contributed by atoms with Gasteiger partial charge in [-0.25, -0.2) is 4.79 Å². The smallest absolute Gasteiger partial charge is 0.334 e. The summed E-state index contributed by atoms with van der Waals surface area (Å²) in [7, 11) is 0. The molecule has 23 heavy (non-hydrogen) atoms. The first-order chi connectivity index (χ1) is 10.7. The maximum absolute atomic E-state index is 12.7. The molecule has 0 saturated carbocycles. The van der Waals surface area contributed by atoms with E-state index in [1.807, 2.05) is 30.3 Å². The SMILES string of the molecule is CC1(C)[C@H](C(=O)OCc2ccccc2)N2C(=O)C(Br)(Br)[C@H]2[S+]1[O-]. The zero-order valence-electron chi connectivity index (χ0n) is 12.5. The Kier molecular flexibility index (Phi) is 4.32. The number of carbonyl (C=O) groups excluding carboxylic acids is 2. The van der Waals surface area contributed by atoms with Crippen molar-refractivity contribution in [1.29, 1.82) is 0 Å². The van der Waals surface area contributed by atoms with Crippen molar-refractivity contribution >= 4 is 54.9 Å². The van der Waals surface area contributed by atoms with E-state index in [4.69, 9.17) is 4.74 Å². The maximum atomic E-state index is 12.7. The number of rotatable bonds is 3. The van der Waals surface area contributed by atoms with Crippen molar-refractivity contribution in [1.82, 2.24) is 4.90 Å². The van der Waals surface area contributed by atoms with E-state index in [1.165, 1.54) is 4.90 Å². The van der Waals surface area contributed by atoms with Gasteiger partial charge < -0.3 is 9.29 Å². The first kappa shape index (κ1) is 17.3. The number of fused-ring (bicyclic) bond motifs is 1. The lowest BCUT2D eigenvalue weighted by molar-refractivity contribution is -0.162. The number of esters is 1. The fourth-order valence-corrected chi connectivity index (χ4v) is 6.59. The number of β-lactam (4-membered cyclic amide) rings is 1. The second kappa shape index (κ2) is 5.75. The summed E-state index contributed by atoms with van der Waals surface area (Å²) in [4.78, 5) is 26.2. The molecule has 0 N–H and O–H groups in total. The van der Waals surface area contributed by atoms with Gasteiger partial charge in [-0.2, -0.15) is 0 Å². The molecule has 0 aromatic heterocycles. The van der Waals surface area contributed by atoms with E-state index >= 15 is 0 Å². The van der Waals surface area contributed by atoms with Crippen LogP contribution in [-0.4, -0.2) is 40.7 Å². The third kappa shape index (κ3) is 2.54. The Labute approximate surface area is 154 Å². The van der Waals surface area contributed by atoms with Gasteiger partial charge in [0.2, 0.25) is 8.61 Å². The molecule has 1 aromatic rings. The Bertz CT molecular complexity index is 652. The monoisotopic (exact) mass is 463 g/mol. The molecule has 2 aliphatic rings. The van der Waals surface area contributed by atoms with Crippen molar-refractivity contribution in [2.45, 2.75) is 39.9 Å². The molecule has 124 valence electrons. The standard InChI is InChI=1S/C15H15Br2NO4S/c1-14(2)10(11(19)22-8-9-6-4-3-5-7-9)18-12(20)15(16,17)13(18)23(14)21/h3-7,10,13H,8H2,1-2H3/t10-,13+,23?/m0/s1. The normalized spacial score (nSPS) is 30.6. The largest absolute Gasteiger partial charge is 0.614 e. The van der Waals surface area contributed by atoms with Gasteiger partial charge >= 0.3 is 5.97 Å². The second-order valence-electron chi connectivity index (χ2n) is 6.08. The number of ether oxygens (including phenoxy) is 1. The molecule has 1 unspecified atom stereocenters. The molecule has 3 rings (SSSR count). The van der Waals surface area contributed by atoms with Crippen LogP contribution in [0, 0.1) is 0 Å². The summed E-state index contributed by atoms with van der Waals surface area (Å²) in [5, 5.41) is -0.584. The number of benzene rings is 1. The highest BCUT2D eigenvalue weighted by atomic mass is 79.9. The summed E-state index contributed by atoms with van der Waals surface area (Å²) >= 11 is 5.12. The van der Waals surface area contributed by atoms with Gasteiger partial charge in [-0.05, 0) is 30.6 Å². The molecule has 2 aliphatic heterocycles. The Hall–Kier alpha value is -0.570. The van der Waals surface area contributed by atoms with Crippen LogP contribution in [0.5, 0.6) is 0 Å². The fourth-order valence-electron chi connectivity index (χ4n) is 2.92. The van der Waals surface area contributed by atoms with Crippen molar-refractivity contribution in [3.63, 3.8) is 0 Å². The van der Waals surface area contributed by atoms with E-state index in [0.29, 0.717) is 0 Å². The molecule has 2 saturated heterocycles. The van der Waals surface area contributed by atoms with Crippen LogP contribution in [0.15, 0.2) is 30.3 Å². The lowest BCUT2D eigenvalue weighted by atomic mass is 9.98. The topological polar surface area (TPSA) is 69.7 Å². The quantitative estimate of drug-likeness (QED) is 0.298. The molecule has 1 amide bonds. The molecular formula is C15H15Br2NO4S. The number of carbonyl (C=O) groups is 2. The maximum Gasteiger partial charge on any atom is 0.334 e. The summed E-state index contributed by atoms with van der Waals surface area (Å²) in [6.07, 6.45) is 0. The highest BCUT2D eigenvalue weighted by Crippen LogP contribution is 2.56. The average molecular weight is 465 g/mol. The number of hydrogen-bond donors (Lipinski definition) is 0. The van der Waals surface area contributed by atoms with Crippen LogP contribution >= 0.6 is 31.9 Å². The predicted molar refractivity (Wildman–Crippen MR) is 93.5 cm³/mol. The molecule has 8 heteroatoms. The number of hydrogen-bond acceptors (Lipinski definition) is 4. The molecular weight excluding hydrogens is 450 g/mol. The van der Waals surface area contributed by atoms with Gasteiger partial charge in [-0.1, -0.05) is 62.2 Å². The van der Waals surface area contributed by atoms with Crippen LogP contribution in [-0.2, 0) is 32.1 Å². The Morgan fingerprint density at radius 1 is 1.35 bits per heavy atom. The van der Waals surface area contributed by atoms with Gasteiger partial charge in [-0.15, -0.1) is 0 Å². The second-order valence-corrected chi connectivity index (χ2v) is 11.7. The van der Waals surface area contributed by atoms with E-state index in [2.05, 4.69) is 31.9 Å². The van der Waals surface area contributed by atoms with Crippen LogP contribution in [0.3, 0.4) is 0 Å². The van der Waals surface area contributed by atoms with Crippen LogP contribution in [0.2, 0.25) is 0 Å². The van der Waals surface area contributed by atoms with Gasteiger partial charge in [0.15, 0.2) is 10.8 Å². The van der Waals surface area contributed by atoms with E-state index in [1.54, 1.807) is 13.8 Å². The molecule has 0 spiro atoms. The molecule has 3 atom stereocenters. The van der Waals surface area contributed by atoms with Crippen molar-refractivity contribution in [2.75, 3.05) is 0 Å². The van der Waals surface area contributed by atoms with Crippen molar-refractivity contribution in [2.24, 2.45) is 0 Å². The van der Waals surface area contributed by atoms with E-state index < -0.39 is 36.5 Å². The molecule has 2 heterocycles. The van der Waals surface area contributed by atoms with E-state index in [0.717, 1.165) is 5.56 Å². The fraction of sp³-hybridized carbons (Fsp3) is 0.467. The van der Waals surface area contributed by atoms with Crippen molar-refractivity contribution in [3.05, 3.63) is 35.9 Å². The van der Waals surface area contributed by atoms with Gasteiger partial charge in [0, 0.05) is 0 Å². The van der Waals surface area contributed by atoms with Gasteiger partial charge in [-0.3, -0.25) is 9.69 Å². The molecule has 2 fully saturated rings. The summed E-state index contributed by atoms with van der Waals surface area (Å²) in [5.41, 5.74) is 0.861. The minimum atomic E-state index is -1.40. The first-order valence-corrected chi connectivity index (χ1v) is 9.80. The summed E-state index contributed by atoms with van der Waals surface area (Å²) in [6.45, 7) is 3.57. The lowest BCUT2D eigenvalue weighted by Crippen LogP contribution is -2.69. The van der Waals surface area contributed by atoms with E-state index in [9.17, 15) is 14.1 Å². The summed E-state index contributed by atoms with van der Waals surface area (Å²) in [5.74, 6) is -0.832. The minimum absolute atomic E-state index is 0.124. The molecule has 0 bridgehead atoms. The molecule has 1 aromatic carbocycles. The lowest BCUT2D eigenvalue weighted by Gasteiger charge is -2.44.